The molecule has 0 aliphatic heterocycles. The molecular weight excluding hydrogens is 516 g/mol. The van der Waals surface area contributed by atoms with Crippen molar-refractivity contribution < 1.29 is 9.59 Å². The third-order valence-corrected chi connectivity index (χ3v) is 7.03. The van der Waals surface area contributed by atoms with E-state index in [1.165, 1.54) is 28.7 Å². The first-order chi connectivity index (χ1) is 17.4. The molecule has 0 bridgehead atoms. The Morgan fingerprint density at radius 2 is 1.89 bits per heavy atom. The Bertz CT molecular complexity index is 1370. The molecule has 11 heteroatoms. The van der Waals surface area contributed by atoms with Gasteiger partial charge < -0.3 is 15.2 Å². The number of anilines is 1. The highest BCUT2D eigenvalue weighted by atomic mass is 35.5. The van der Waals surface area contributed by atoms with Crippen LogP contribution in [0.3, 0.4) is 0 Å². The third kappa shape index (κ3) is 6.60. The van der Waals surface area contributed by atoms with E-state index in [4.69, 9.17) is 11.6 Å². The molecule has 0 fully saturated rings. The fourth-order valence-electron chi connectivity index (χ4n) is 3.21. The normalized spacial score (nSPS) is 10.7. The molecule has 0 spiro atoms. The van der Waals surface area contributed by atoms with E-state index in [0.29, 0.717) is 33.2 Å². The molecule has 0 unspecified atom stereocenters. The average molecular weight is 539 g/mol. The van der Waals surface area contributed by atoms with Gasteiger partial charge in [0, 0.05) is 28.1 Å². The average Bonchev–Trinajstić information content (AvgIpc) is 3.49. The molecule has 2 aromatic heterocycles. The Morgan fingerprint density at radius 3 is 2.61 bits per heavy atom. The van der Waals surface area contributed by atoms with Crippen molar-refractivity contribution >= 4 is 51.6 Å². The Kier molecular flexibility index (Phi) is 8.52. The molecule has 2 aromatic carbocycles. The number of hydrogen-bond donors (Lipinski definition) is 2. The highest BCUT2D eigenvalue weighted by Gasteiger charge is 2.16. The van der Waals surface area contributed by atoms with E-state index in [2.05, 4.69) is 32.4 Å². The number of thiazole rings is 1. The van der Waals surface area contributed by atoms with Gasteiger partial charge in [-0.25, -0.2) is 4.98 Å². The molecule has 2 N–H and O–H groups in total. The number of rotatable bonds is 10. The van der Waals surface area contributed by atoms with Gasteiger partial charge in [-0.15, -0.1) is 28.1 Å². The van der Waals surface area contributed by atoms with Gasteiger partial charge in [-0.1, -0.05) is 59.3 Å². The second-order valence-corrected chi connectivity index (χ2v) is 9.97. The SMILES string of the molecule is C=CCn1c(CNC(=O)c2ccc(Cl)cc2)nnc1SCC(=O)Nc1nc(-c2ccc(C)cc2)cs1. The minimum absolute atomic E-state index is 0.131. The van der Waals surface area contributed by atoms with Gasteiger partial charge in [0.2, 0.25) is 5.91 Å². The number of aryl methyl sites for hydroxylation is 1. The number of allylic oxidation sites excluding steroid dienone is 1. The fraction of sp³-hybridized carbons (Fsp3) is 0.160. The van der Waals surface area contributed by atoms with Gasteiger partial charge in [-0.3, -0.25) is 9.59 Å². The summed E-state index contributed by atoms with van der Waals surface area (Å²) in [6.45, 7) is 6.43. The quantitative estimate of drug-likeness (QED) is 0.212. The number of benzene rings is 2. The van der Waals surface area contributed by atoms with Crippen molar-refractivity contribution in [3.8, 4) is 11.3 Å². The van der Waals surface area contributed by atoms with Gasteiger partial charge >= 0.3 is 0 Å². The summed E-state index contributed by atoms with van der Waals surface area (Å²) in [7, 11) is 0. The first-order valence-electron chi connectivity index (χ1n) is 10.9. The van der Waals surface area contributed by atoms with Crippen LogP contribution >= 0.6 is 34.7 Å². The van der Waals surface area contributed by atoms with Crippen molar-refractivity contribution in [2.45, 2.75) is 25.2 Å². The first kappa shape index (κ1) is 25.6. The molecule has 4 rings (SSSR count). The number of carbonyl (C=O) groups is 2. The molecule has 4 aromatic rings. The molecular formula is C25H23ClN6O2S2. The van der Waals surface area contributed by atoms with Crippen LogP contribution in [0, 0.1) is 6.92 Å². The zero-order valence-corrected chi connectivity index (χ0v) is 21.8. The molecule has 0 saturated heterocycles. The topological polar surface area (TPSA) is 102 Å². The summed E-state index contributed by atoms with van der Waals surface area (Å²) in [5, 5.41) is 17.6. The molecule has 8 nitrogen and oxygen atoms in total. The number of carbonyl (C=O) groups excluding carboxylic acids is 2. The zero-order chi connectivity index (χ0) is 25.5. The molecule has 36 heavy (non-hydrogen) atoms. The third-order valence-electron chi connectivity index (χ3n) is 5.05. The fourth-order valence-corrected chi connectivity index (χ4v) is 4.83. The highest BCUT2D eigenvalue weighted by molar-refractivity contribution is 7.99. The van der Waals surface area contributed by atoms with Crippen LogP contribution in [-0.4, -0.2) is 37.3 Å². The van der Waals surface area contributed by atoms with Crippen molar-refractivity contribution in [3.05, 3.63) is 88.5 Å². The highest BCUT2D eigenvalue weighted by Crippen LogP contribution is 2.25. The number of nitrogens with zero attached hydrogens (tertiary/aromatic N) is 4. The van der Waals surface area contributed by atoms with Crippen LogP contribution < -0.4 is 10.6 Å². The minimum atomic E-state index is -0.248. The maximum Gasteiger partial charge on any atom is 0.251 e. The Hall–Kier alpha value is -3.47. The molecule has 0 atom stereocenters. The maximum atomic E-state index is 12.5. The zero-order valence-electron chi connectivity index (χ0n) is 19.4. The van der Waals surface area contributed by atoms with Gasteiger partial charge in [-0.05, 0) is 31.2 Å². The number of hydrogen-bond acceptors (Lipinski definition) is 7. The lowest BCUT2D eigenvalue weighted by molar-refractivity contribution is -0.113. The first-order valence-corrected chi connectivity index (χ1v) is 13.2. The van der Waals surface area contributed by atoms with Crippen LogP contribution in [-0.2, 0) is 17.9 Å². The van der Waals surface area contributed by atoms with E-state index in [-0.39, 0.29) is 24.1 Å². The van der Waals surface area contributed by atoms with Crippen LogP contribution in [0.5, 0.6) is 0 Å². The van der Waals surface area contributed by atoms with Crippen LogP contribution in [0.15, 0.2) is 71.7 Å². The number of aromatic nitrogens is 4. The van der Waals surface area contributed by atoms with Crippen molar-refractivity contribution in [1.82, 2.24) is 25.1 Å². The Balaban J connectivity index is 1.33. The van der Waals surface area contributed by atoms with Gasteiger partial charge in [0.15, 0.2) is 16.1 Å². The van der Waals surface area contributed by atoms with E-state index in [0.717, 1.165) is 11.3 Å². The second kappa shape index (κ2) is 12.0. The van der Waals surface area contributed by atoms with Crippen molar-refractivity contribution in [1.29, 1.82) is 0 Å². The monoisotopic (exact) mass is 538 g/mol. The summed E-state index contributed by atoms with van der Waals surface area (Å²) in [5.41, 5.74) is 3.49. The van der Waals surface area contributed by atoms with Crippen molar-refractivity contribution in [2.75, 3.05) is 11.1 Å². The second-order valence-electron chi connectivity index (χ2n) is 7.73. The van der Waals surface area contributed by atoms with E-state index in [1.54, 1.807) is 30.3 Å². The summed E-state index contributed by atoms with van der Waals surface area (Å²) in [4.78, 5) is 29.5. The Labute approximate surface area is 221 Å². The predicted molar refractivity (Wildman–Crippen MR) is 144 cm³/mol. The van der Waals surface area contributed by atoms with Crippen LogP contribution in [0.2, 0.25) is 5.02 Å². The number of nitrogens with one attached hydrogen (secondary N) is 2. The summed E-state index contributed by atoms with van der Waals surface area (Å²) in [6, 6.07) is 14.7. The molecule has 0 aliphatic rings. The maximum absolute atomic E-state index is 12.5. The standard InChI is InChI=1S/C25H23ClN6O2S2/c1-3-12-32-21(13-27-23(34)18-8-10-19(26)11-9-18)30-31-25(32)36-15-22(33)29-24-28-20(14-35-24)17-6-4-16(2)5-7-17/h3-11,14H,1,12-13,15H2,2H3,(H,27,34)(H,28,29,33). The molecule has 2 amide bonds. The molecule has 0 aliphatic carbocycles. The van der Waals surface area contributed by atoms with Crippen molar-refractivity contribution in [3.63, 3.8) is 0 Å². The lowest BCUT2D eigenvalue weighted by Crippen LogP contribution is -2.24. The van der Waals surface area contributed by atoms with Crippen molar-refractivity contribution in [2.24, 2.45) is 0 Å². The summed E-state index contributed by atoms with van der Waals surface area (Å²) >= 11 is 8.51. The Morgan fingerprint density at radius 1 is 1.14 bits per heavy atom. The van der Waals surface area contributed by atoms with Crippen LogP contribution in [0.4, 0.5) is 5.13 Å². The van der Waals surface area contributed by atoms with Gasteiger partial charge in [0.05, 0.1) is 18.0 Å². The van der Waals surface area contributed by atoms with E-state index in [1.807, 2.05) is 41.1 Å². The summed E-state index contributed by atoms with van der Waals surface area (Å²) < 4.78 is 1.81. The largest absolute Gasteiger partial charge is 0.345 e. The number of thioether (sulfide) groups is 1. The molecule has 0 saturated carbocycles. The van der Waals surface area contributed by atoms with Crippen LogP contribution in [0.25, 0.3) is 11.3 Å². The van der Waals surface area contributed by atoms with Gasteiger partial charge in [0.25, 0.3) is 5.91 Å². The smallest absolute Gasteiger partial charge is 0.251 e. The molecule has 0 radical (unpaired) electrons. The summed E-state index contributed by atoms with van der Waals surface area (Å²) in [6.07, 6.45) is 1.71. The molecule has 184 valence electrons. The predicted octanol–water partition coefficient (Wildman–Crippen LogP) is 5.21. The van der Waals surface area contributed by atoms with Gasteiger partial charge in [-0.2, -0.15) is 0 Å². The number of halogens is 1. The van der Waals surface area contributed by atoms with Crippen LogP contribution in [0.1, 0.15) is 21.7 Å². The lowest BCUT2D eigenvalue weighted by Gasteiger charge is -2.09. The lowest BCUT2D eigenvalue weighted by atomic mass is 10.1. The van der Waals surface area contributed by atoms with E-state index >= 15 is 0 Å². The van der Waals surface area contributed by atoms with E-state index < -0.39 is 0 Å². The van der Waals surface area contributed by atoms with Gasteiger partial charge in [0.1, 0.15) is 0 Å². The van der Waals surface area contributed by atoms with E-state index in [9.17, 15) is 9.59 Å². The summed E-state index contributed by atoms with van der Waals surface area (Å²) in [5.74, 6) is 0.242. The molecule has 2 heterocycles. The minimum Gasteiger partial charge on any atom is -0.345 e. The number of amides is 2.